The maximum atomic E-state index is 11.0. The van der Waals surface area contributed by atoms with Crippen molar-refractivity contribution in [1.82, 2.24) is 4.90 Å². The van der Waals surface area contributed by atoms with Gasteiger partial charge < -0.3 is 5.11 Å². The van der Waals surface area contributed by atoms with Crippen molar-refractivity contribution in [3.8, 4) is 0 Å². The van der Waals surface area contributed by atoms with Crippen LogP contribution in [0.4, 0.5) is 0 Å². The fourth-order valence-electron chi connectivity index (χ4n) is 3.28. The predicted octanol–water partition coefficient (Wildman–Crippen LogP) is 3.15. The van der Waals surface area contributed by atoms with Crippen LogP contribution < -0.4 is 0 Å². The SMILES string of the molecule is CCC1C(CC(=O)O)CCCN1Cc1ccccc1. The number of carboxylic acids is 1. The van der Waals surface area contributed by atoms with Crippen molar-refractivity contribution in [3.05, 3.63) is 35.9 Å². The van der Waals surface area contributed by atoms with Gasteiger partial charge in [-0.2, -0.15) is 0 Å². The minimum absolute atomic E-state index is 0.306. The number of hydrogen-bond donors (Lipinski definition) is 1. The van der Waals surface area contributed by atoms with Crippen LogP contribution in [0, 0.1) is 5.92 Å². The number of aliphatic carboxylic acids is 1. The minimum Gasteiger partial charge on any atom is -0.481 e. The van der Waals surface area contributed by atoms with Crippen molar-refractivity contribution < 1.29 is 9.90 Å². The van der Waals surface area contributed by atoms with E-state index in [1.54, 1.807) is 0 Å². The summed E-state index contributed by atoms with van der Waals surface area (Å²) in [4.78, 5) is 13.4. The third kappa shape index (κ3) is 3.80. The Labute approximate surface area is 115 Å². The molecule has 0 aliphatic carbocycles. The Balaban J connectivity index is 2.04. The Bertz CT molecular complexity index is 404. The Kier molecular flexibility index (Phi) is 4.97. The Morgan fingerprint density at radius 3 is 2.74 bits per heavy atom. The second-order valence-corrected chi connectivity index (χ2v) is 5.43. The lowest BCUT2D eigenvalue weighted by Gasteiger charge is -2.40. The molecule has 1 saturated heterocycles. The summed E-state index contributed by atoms with van der Waals surface area (Å²) in [5.41, 5.74) is 1.32. The lowest BCUT2D eigenvalue weighted by Crippen LogP contribution is -2.45. The van der Waals surface area contributed by atoms with Crippen LogP contribution >= 0.6 is 0 Å². The molecular formula is C16H23NO2. The molecule has 2 atom stereocenters. The van der Waals surface area contributed by atoms with Gasteiger partial charge in [-0.25, -0.2) is 0 Å². The number of nitrogens with zero attached hydrogens (tertiary/aromatic N) is 1. The molecule has 3 heteroatoms. The van der Waals surface area contributed by atoms with Gasteiger partial charge >= 0.3 is 5.97 Å². The van der Waals surface area contributed by atoms with E-state index >= 15 is 0 Å². The van der Waals surface area contributed by atoms with E-state index in [2.05, 4.69) is 36.1 Å². The largest absolute Gasteiger partial charge is 0.481 e. The quantitative estimate of drug-likeness (QED) is 0.885. The Morgan fingerprint density at radius 1 is 1.37 bits per heavy atom. The van der Waals surface area contributed by atoms with E-state index in [0.717, 1.165) is 32.4 Å². The summed E-state index contributed by atoms with van der Waals surface area (Å²) in [7, 11) is 0. The summed E-state index contributed by atoms with van der Waals surface area (Å²) in [5, 5.41) is 9.04. The van der Waals surface area contributed by atoms with Gasteiger partial charge in [0, 0.05) is 19.0 Å². The molecule has 0 radical (unpaired) electrons. The van der Waals surface area contributed by atoms with Crippen LogP contribution in [0.1, 0.15) is 38.2 Å². The summed E-state index contributed by atoms with van der Waals surface area (Å²) in [6.07, 6.45) is 3.51. The molecule has 104 valence electrons. The van der Waals surface area contributed by atoms with E-state index in [-0.39, 0.29) is 0 Å². The predicted molar refractivity (Wildman–Crippen MR) is 75.9 cm³/mol. The number of hydrogen-bond acceptors (Lipinski definition) is 2. The van der Waals surface area contributed by atoms with Crippen LogP contribution in [0.2, 0.25) is 0 Å². The molecule has 0 bridgehead atoms. The average Bonchev–Trinajstić information content (AvgIpc) is 2.39. The molecule has 0 amide bonds. The van der Waals surface area contributed by atoms with Crippen molar-refractivity contribution in [3.63, 3.8) is 0 Å². The van der Waals surface area contributed by atoms with Crippen LogP contribution in [0.15, 0.2) is 30.3 Å². The first-order valence-corrected chi connectivity index (χ1v) is 7.20. The molecule has 0 aromatic heterocycles. The third-order valence-corrected chi connectivity index (χ3v) is 4.12. The zero-order valence-electron chi connectivity index (χ0n) is 11.6. The van der Waals surface area contributed by atoms with Crippen LogP contribution in [0.3, 0.4) is 0 Å². The molecule has 1 heterocycles. The van der Waals surface area contributed by atoms with Crippen molar-refractivity contribution in [2.45, 2.75) is 45.2 Å². The summed E-state index contributed by atoms with van der Waals surface area (Å²) < 4.78 is 0. The van der Waals surface area contributed by atoms with E-state index in [0.29, 0.717) is 18.4 Å². The number of benzene rings is 1. The topological polar surface area (TPSA) is 40.5 Å². The van der Waals surface area contributed by atoms with Crippen molar-refractivity contribution >= 4 is 5.97 Å². The van der Waals surface area contributed by atoms with Crippen molar-refractivity contribution in [1.29, 1.82) is 0 Å². The first kappa shape index (κ1) is 14.1. The number of carbonyl (C=O) groups is 1. The number of likely N-dealkylation sites (tertiary alicyclic amines) is 1. The van der Waals surface area contributed by atoms with Gasteiger partial charge in [-0.05, 0) is 37.3 Å². The minimum atomic E-state index is -0.662. The molecule has 1 aromatic rings. The normalized spacial score (nSPS) is 24.3. The highest BCUT2D eigenvalue weighted by Gasteiger charge is 2.31. The summed E-state index contributed by atoms with van der Waals surface area (Å²) in [6.45, 7) is 4.20. The zero-order chi connectivity index (χ0) is 13.7. The standard InChI is InChI=1S/C16H23NO2/c1-2-15-14(11-16(18)19)9-6-10-17(15)12-13-7-4-3-5-8-13/h3-5,7-8,14-15H,2,6,9-12H2,1H3,(H,18,19). The highest BCUT2D eigenvalue weighted by molar-refractivity contribution is 5.67. The molecule has 0 spiro atoms. The summed E-state index contributed by atoms with van der Waals surface area (Å²) in [6, 6.07) is 10.9. The van der Waals surface area contributed by atoms with E-state index in [1.807, 2.05) is 6.07 Å². The molecule has 3 nitrogen and oxygen atoms in total. The number of carboxylic acid groups (broad SMARTS) is 1. The Morgan fingerprint density at radius 2 is 2.11 bits per heavy atom. The van der Waals surface area contributed by atoms with Gasteiger partial charge in [0.1, 0.15) is 0 Å². The zero-order valence-corrected chi connectivity index (χ0v) is 11.6. The van der Waals surface area contributed by atoms with Gasteiger partial charge in [-0.1, -0.05) is 37.3 Å². The maximum Gasteiger partial charge on any atom is 0.303 e. The molecular weight excluding hydrogens is 238 g/mol. The van der Waals surface area contributed by atoms with Crippen molar-refractivity contribution in [2.75, 3.05) is 6.54 Å². The summed E-state index contributed by atoms with van der Waals surface area (Å²) in [5.74, 6) is -0.357. The van der Waals surface area contributed by atoms with Crippen molar-refractivity contribution in [2.24, 2.45) is 5.92 Å². The summed E-state index contributed by atoms with van der Waals surface area (Å²) >= 11 is 0. The lowest BCUT2D eigenvalue weighted by molar-refractivity contribution is -0.139. The number of piperidine rings is 1. The molecule has 1 aliphatic heterocycles. The molecule has 1 fully saturated rings. The van der Waals surface area contributed by atoms with E-state index in [9.17, 15) is 4.79 Å². The molecule has 1 aliphatic rings. The smallest absolute Gasteiger partial charge is 0.303 e. The van der Waals surface area contributed by atoms with E-state index < -0.39 is 5.97 Å². The molecule has 0 saturated carbocycles. The molecule has 19 heavy (non-hydrogen) atoms. The lowest BCUT2D eigenvalue weighted by atomic mass is 9.85. The van der Waals surface area contributed by atoms with Gasteiger partial charge in [-0.3, -0.25) is 9.69 Å². The second-order valence-electron chi connectivity index (χ2n) is 5.43. The monoisotopic (exact) mass is 261 g/mol. The first-order valence-electron chi connectivity index (χ1n) is 7.20. The average molecular weight is 261 g/mol. The van der Waals surface area contributed by atoms with Gasteiger partial charge in [0.2, 0.25) is 0 Å². The maximum absolute atomic E-state index is 11.0. The molecule has 1 aromatic carbocycles. The van der Waals surface area contributed by atoms with E-state index in [1.165, 1.54) is 5.56 Å². The van der Waals surface area contributed by atoms with Crippen LogP contribution in [0.25, 0.3) is 0 Å². The first-order chi connectivity index (χ1) is 9.20. The van der Waals surface area contributed by atoms with Gasteiger partial charge in [-0.15, -0.1) is 0 Å². The van der Waals surface area contributed by atoms with Crippen LogP contribution in [-0.2, 0) is 11.3 Å². The fourth-order valence-corrected chi connectivity index (χ4v) is 3.28. The third-order valence-electron chi connectivity index (χ3n) is 4.12. The molecule has 2 rings (SSSR count). The number of rotatable bonds is 5. The van der Waals surface area contributed by atoms with Gasteiger partial charge in [0.25, 0.3) is 0 Å². The highest BCUT2D eigenvalue weighted by Crippen LogP contribution is 2.29. The van der Waals surface area contributed by atoms with Crippen LogP contribution in [0.5, 0.6) is 0 Å². The molecule has 1 N–H and O–H groups in total. The molecule has 2 unspecified atom stereocenters. The highest BCUT2D eigenvalue weighted by atomic mass is 16.4. The van der Waals surface area contributed by atoms with Gasteiger partial charge in [0.15, 0.2) is 0 Å². The van der Waals surface area contributed by atoms with E-state index in [4.69, 9.17) is 5.11 Å². The fraction of sp³-hybridized carbons (Fsp3) is 0.562. The van der Waals surface area contributed by atoms with Gasteiger partial charge in [0.05, 0.1) is 0 Å². The Hall–Kier alpha value is -1.35. The second kappa shape index (κ2) is 6.71. The van der Waals surface area contributed by atoms with Crippen LogP contribution in [-0.4, -0.2) is 28.6 Å².